The summed E-state index contributed by atoms with van der Waals surface area (Å²) < 4.78 is 37.6. The van der Waals surface area contributed by atoms with Gasteiger partial charge in [0.05, 0.1) is 35.6 Å². The van der Waals surface area contributed by atoms with E-state index in [0.29, 0.717) is 45.1 Å². The molecule has 1 unspecified atom stereocenters. The molecule has 0 spiro atoms. The average molecular weight is 525 g/mol. The van der Waals surface area contributed by atoms with Crippen LogP contribution in [0.5, 0.6) is 11.5 Å². The fourth-order valence-corrected chi connectivity index (χ4v) is 5.06. The van der Waals surface area contributed by atoms with Gasteiger partial charge in [0.2, 0.25) is 6.79 Å². The van der Waals surface area contributed by atoms with Gasteiger partial charge in [0, 0.05) is 11.1 Å². The molecule has 0 saturated heterocycles. The number of aliphatic hydroxyl groups is 1. The second-order valence-corrected chi connectivity index (χ2v) is 10.9. The highest BCUT2D eigenvalue weighted by atomic mass is 31.2. The van der Waals surface area contributed by atoms with Crippen molar-refractivity contribution in [3.63, 3.8) is 0 Å². The molecule has 3 aromatic rings. The number of aromatic nitrogens is 1. The van der Waals surface area contributed by atoms with Gasteiger partial charge in [-0.05, 0) is 47.5 Å². The summed E-state index contributed by atoms with van der Waals surface area (Å²) in [7, 11) is -4.22. The van der Waals surface area contributed by atoms with Crippen molar-refractivity contribution in [1.29, 1.82) is 0 Å². The molecule has 1 aliphatic rings. The molecule has 2 atom stereocenters. The van der Waals surface area contributed by atoms with Crippen LogP contribution in [0.1, 0.15) is 37.4 Å². The van der Waals surface area contributed by atoms with E-state index in [-0.39, 0.29) is 12.7 Å². The molecule has 8 nitrogen and oxygen atoms in total. The van der Waals surface area contributed by atoms with E-state index in [0.717, 1.165) is 0 Å². The third-order valence-electron chi connectivity index (χ3n) is 5.65. The number of aliphatic carboxylic acids is 1. The lowest BCUT2D eigenvalue weighted by molar-refractivity contribution is -0.138. The number of ether oxygens (including phenoxy) is 2. The summed E-state index contributed by atoms with van der Waals surface area (Å²) in [5.41, 5.74) is 5.66. The molecule has 192 valence electrons. The van der Waals surface area contributed by atoms with Gasteiger partial charge >= 0.3 is 5.97 Å². The van der Waals surface area contributed by atoms with E-state index in [1.807, 2.05) is 26.0 Å². The molecule has 0 amide bonds. The van der Waals surface area contributed by atoms with E-state index in [1.54, 1.807) is 24.3 Å². The number of halogens is 1. The summed E-state index contributed by atoms with van der Waals surface area (Å²) in [6.45, 7) is 3.88. The minimum Gasteiger partial charge on any atom is -0.481 e. The van der Waals surface area contributed by atoms with Crippen molar-refractivity contribution in [2.45, 2.75) is 32.3 Å². The van der Waals surface area contributed by atoms with Crippen LogP contribution in [0.3, 0.4) is 0 Å². The molecule has 10 heteroatoms. The highest BCUT2D eigenvalue weighted by molar-refractivity contribution is 7.63. The molecule has 0 aliphatic carbocycles. The predicted molar refractivity (Wildman–Crippen MR) is 135 cm³/mol. The molecule has 0 bridgehead atoms. The van der Waals surface area contributed by atoms with Crippen LogP contribution < -0.4 is 9.47 Å². The Balaban J connectivity index is 1.88. The molecule has 1 aliphatic heterocycles. The number of nitrogens with zero attached hydrogens (tertiary/aromatic N) is 1. The Kier molecular flexibility index (Phi) is 7.65. The predicted octanol–water partition coefficient (Wildman–Crippen LogP) is 4.82. The third-order valence-corrected chi connectivity index (χ3v) is 7.02. The van der Waals surface area contributed by atoms with Crippen LogP contribution in [0.15, 0.2) is 48.5 Å². The lowest BCUT2D eigenvalue weighted by Gasteiger charge is -2.17. The highest BCUT2D eigenvalue weighted by Gasteiger charge is 2.25. The quantitative estimate of drug-likeness (QED) is 0.296. The molecule has 4 rings (SSSR count). The number of carboxylic acid groups (broad SMARTS) is 1. The van der Waals surface area contributed by atoms with Crippen molar-refractivity contribution < 1.29 is 38.3 Å². The summed E-state index contributed by atoms with van der Waals surface area (Å²) in [6.07, 6.45) is -2.88. The summed E-state index contributed by atoms with van der Waals surface area (Å²) in [4.78, 5) is 26.0. The number of para-hydroxylation sites is 1. The summed E-state index contributed by atoms with van der Waals surface area (Å²) >= 11 is 0. The van der Waals surface area contributed by atoms with Gasteiger partial charge in [-0.3, -0.25) is 14.3 Å². The minimum atomic E-state index is -4.22. The fraction of sp³-hybridized carbons (Fsp3) is 0.259. The standard InChI is InChI=1S/C27H25FNO7P/c1-16(2)26-20(10-11-37(33,34)14-19(30)12-25(31)32)22(17-6-8-18(28)9-7-17)13-23(29-26)21-4-3-5-24-27(21)36-15-35-24/h3-9,13,16,19,30H,12,14-15H2,1-2H3,(H,31,32)(H,33,34)/t19-/m0/s1. The Labute approximate surface area is 213 Å². The highest BCUT2D eigenvalue weighted by Crippen LogP contribution is 2.44. The van der Waals surface area contributed by atoms with Crippen LogP contribution in [0.25, 0.3) is 22.4 Å². The van der Waals surface area contributed by atoms with Crippen molar-refractivity contribution in [1.82, 2.24) is 4.98 Å². The Hall–Kier alpha value is -3.70. The number of carbonyl (C=O) groups is 1. The largest absolute Gasteiger partial charge is 0.481 e. The van der Waals surface area contributed by atoms with E-state index in [2.05, 4.69) is 11.6 Å². The van der Waals surface area contributed by atoms with Gasteiger partial charge in [0.15, 0.2) is 11.5 Å². The number of pyridine rings is 1. The van der Waals surface area contributed by atoms with Gasteiger partial charge in [-0.25, -0.2) is 4.39 Å². The van der Waals surface area contributed by atoms with Crippen molar-refractivity contribution >= 4 is 13.3 Å². The maximum atomic E-state index is 13.7. The Bertz CT molecular complexity index is 1440. The average Bonchev–Trinajstić information content (AvgIpc) is 3.31. The van der Waals surface area contributed by atoms with Gasteiger partial charge in [-0.15, -0.1) is 0 Å². The summed E-state index contributed by atoms with van der Waals surface area (Å²) in [5.74, 6) is 2.03. The Morgan fingerprint density at radius 1 is 1.16 bits per heavy atom. The van der Waals surface area contributed by atoms with Crippen LogP contribution in [-0.4, -0.2) is 45.1 Å². The van der Waals surface area contributed by atoms with E-state index in [9.17, 15) is 23.7 Å². The zero-order valence-corrected chi connectivity index (χ0v) is 21.0. The Morgan fingerprint density at radius 3 is 2.57 bits per heavy atom. The SMILES string of the molecule is CC(C)c1nc(-c2cccc3c2OCO3)cc(-c2ccc(F)cc2)c1C#CP(=O)(O)C[C@@H](O)CC(=O)O. The summed E-state index contributed by atoms with van der Waals surface area (Å²) in [5, 5.41) is 18.7. The van der Waals surface area contributed by atoms with Gasteiger partial charge in [0.25, 0.3) is 7.37 Å². The van der Waals surface area contributed by atoms with E-state index < -0.39 is 37.8 Å². The van der Waals surface area contributed by atoms with Crippen molar-refractivity contribution in [2.75, 3.05) is 13.0 Å². The number of benzene rings is 2. The second-order valence-electron chi connectivity index (χ2n) is 8.89. The molecule has 1 aromatic heterocycles. The molecule has 0 fully saturated rings. The molecule has 37 heavy (non-hydrogen) atoms. The van der Waals surface area contributed by atoms with E-state index in [1.165, 1.54) is 12.1 Å². The molecule has 0 saturated carbocycles. The molecular formula is C27H25FNO7P. The monoisotopic (exact) mass is 525 g/mol. The lowest BCUT2D eigenvalue weighted by Crippen LogP contribution is -2.17. The zero-order chi connectivity index (χ0) is 26.7. The van der Waals surface area contributed by atoms with Gasteiger partial charge < -0.3 is 24.6 Å². The third kappa shape index (κ3) is 6.17. The summed E-state index contributed by atoms with van der Waals surface area (Å²) in [6, 6.07) is 13.0. The maximum Gasteiger partial charge on any atom is 0.305 e. The molecule has 2 heterocycles. The number of hydrogen-bond acceptors (Lipinski definition) is 6. The van der Waals surface area contributed by atoms with Crippen molar-refractivity contribution in [3.05, 3.63) is 65.6 Å². The zero-order valence-electron chi connectivity index (χ0n) is 20.1. The molecule has 3 N–H and O–H groups in total. The van der Waals surface area contributed by atoms with Gasteiger partial charge in [-0.1, -0.05) is 38.0 Å². The normalized spacial score (nSPS) is 14.5. The number of aliphatic hydroxyl groups excluding tert-OH is 1. The fourth-order valence-electron chi connectivity index (χ4n) is 3.98. The van der Waals surface area contributed by atoms with Crippen molar-refractivity contribution in [3.8, 4) is 45.5 Å². The van der Waals surface area contributed by atoms with Crippen LogP contribution in [0.2, 0.25) is 0 Å². The van der Waals surface area contributed by atoms with Gasteiger partial charge in [-0.2, -0.15) is 0 Å². The van der Waals surface area contributed by atoms with Crippen LogP contribution in [0, 0.1) is 17.4 Å². The molecule has 0 radical (unpaired) electrons. The van der Waals surface area contributed by atoms with E-state index >= 15 is 0 Å². The lowest BCUT2D eigenvalue weighted by atomic mass is 9.92. The van der Waals surface area contributed by atoms with E-state index in [4.69, 9.17) is 19.6 Å². The van der Waals surface area contributed by atoms with Crippen LogP contribution >= 0.6 is 7.37 Å². The molecule has 2 aromatic carbocycles. The first-order chi connectivity index (χ1) is 17.5. The van der Waals surface area contributed by atoms with Crippen LogP contribution in [-0.2, 0) is 9.36 Å². The molecular weight excluding hydrogens is 500 g/mol. The topological polar surface area (TPSA) is 126 Å². The number of fused-ring (bicyclic) bond motifs is 1. The maximum absolute atomic E-state index is 13.7. The number of hydrogen-bond donors (Lipinski definition) is 3. The van der Waals surface area contributed by atoms with Crippen molar-refractivity contribution in [2.24, 2.45) is 0 Å². The first-order valence-corrected chi connectivity index (χ1v) is 13.3. The number of rotatable bonds is 7. The minimum absolute atomic E-state index is 0.0806. The smallest absolute Gasteiger partial charge is 0.305 e. The van der Waals surface area contributed by atoms with Crippen LogP contribution in [0.4, 0.5) is 4.39 Å². The Morgan fingerprint density at radius 2 is 1.89 bits per heavy atom. The van der Waals surface area contributed by atoms with Gasteiger partial charge in [0.1, 0.15) is 5.82 Å². The second kappa shape index (κ2) is 10.7. The first kappa shape index (κ1) is 26.4. The number of carboxylic acids is 1. The first-order valence-electron chi connectivity index (χ1n) is 11.5.